The second kappa shape index (κ2) is 11.7. The number of H-pyrrole nitrogens is 1. The molecule has 0 saturated carbocycles. The molecule has 4 N–H and O–H groups in total. The van der Waals surface area contributed by atoms with Crippen LogP contribution in [0.4, 0.5) is 16.3 Å². The van der Waals surface area contributed by atoms with Crippen molar-refractivity contribution in [3.8, 4) is 5.75 Å². The van der Waals surface area contributed by atoms with Crippen molar-refractivity contribution in [2.45, 2.75) is 13.0 Å². The van der Waals surface area contributed by atoms with Gasteiger partial charge in [0, 0.05) is 20.6 Å². The number of aromatic amines is 1. The maximum absolute atomic E-state index is 12.9. The minimum Gasteiger partial charge on any atom is -0.496 e. The van der Waals surface area contributed by atoms with E-state index in [4.69, 9.17) is 10.5 Å². The first kappa shape index (κ1) is 26.1. The number of nitrogens with two attached hydrogens (primary N) is 1. The molecule has 1 aromatic heterocycles. The van der Waals surface area contributed by atoms with E-state index in [2.05, 4.69) is 10.3 Å². The van der Waals surface area contributed by atoms with Crippen molar-refractivity contribution < 1.29 is 14.3 Å². The molecule has 1 heterocycles. The number of nitrogen functional groups attached to an aromatic ring is 1. The normalized spacial score (nSPS) is 10.5. The molecule has 0 saturated heterocycles. The van der Waals surface area contributed by atoms with Crippen molar-refractivity contribution in [2.75, 3.05) is 44.9 Å². The first-order valence-electron chi connectivity index (χ1n) is 11.3. The number of nitrogens with one attached hydrogen (secondary N) is 2. The quantitative estimate of drug-likeness (QED) is 0.405. The molecule has 0 fully saturated rings. The van der Waals surface area contributed by atoms with Crippen molar-refractivity contribution in [1.82, 2.24) is 19.8 Å². The number of nitrogens with zero attached hydrogens (tertiary/aromatic N) is 3. The summed E-state index contributed by atoms with van der Waals surface area (Å²) in [7, 11) is 4.42. The van der Waals surface area contributed by atoms with Crippen LogP contribution in [0.5, 0.6) is 5.75 Å². The fraction of sp³-hybridized carbons (Fsp3) is 0.280. The molecule has 3 rings (SSSR count). The molecule has 3 amide bonds. The van der Waals surface area contributed by atoms with E-state index < -0.39 is 23.2 Å². The highest BCUT2D eigenvalue weighted by molar-refractivity contribution is 5.97. The smallest absolute Gasteiger partial charge is 0.330 e. The van der Waals surface area contributed by atoms with Gasteiger partial charge >= 0.3 is 11.7 Å². The Balaban J connectivity index is 1.66. The summed E-state index contributed by atoms with van der Waals surface area (Å²) >= 11 is 0. The molecule has 3 aromatic rings. The van der Waals surface area contributed by atoms with Crippen molar-refractivity contribution in [3.63, 3.8) is 0 Å². The minimum absolute atomic E-state index is 0.117. The summed E-state index contributed by atoms with van der Waals surface area (Å²) in [5.74, 6) is 0.0279. The number of benzene rings is 2. The summed E-state index contributed by atoms with van der Waals surface area (Å²) < 4.78 is 6.49. The zero-order valence-electron chi connectivity index (χ0n) is 20.5. The lowest BCUT2D eigenvalue weighted by Crippen LogP contribution is -2.46. The van der Waals surface area contributed by atoms with Crippen LogP contribution in [0.2, 0.25) is 0 Å². The molecule has 0 unspecified atom stereocenters. The Morgan fingerprint density at radius 3 is 2.42 bits per heavy atom. The molecule has 11 heteroatoms. The van der Waals surface area contributed by atoms with Crippen LogP contribution in [0.1, 0.15) is 11.1 Å². The molecule has 190 valence electrons. The number of ether oxygens (including phenoxy) is 1. The highest BCUT2D eigenvalue weighted by Crippen LogP contribution is 2.18. The van der Waals surface area contributed by atoms with Crippen LogP contribution < -0.4 is 31.9 Å². The third kappa shape index (κ3) is 6.12. The number of hydrogen-bond acceptors (Lipinski definition) is 6. The van der Waals surface area contributed by atoms with Crippen LogP contribution in [0, 0.1) is 0 Å². The SMILES string of the molecule is COc1ccccc1CCNC(=O)N(C)CC(=O)N(C)c1c(N)n(Cc2ccccc2)c(=O)[nH]c1=O. The number of methoxy groups -OCH3 is 1. The molecule has 36 heavy (non-hydrogen) atoms. The Morgan fingerprint density at radius 1 is 1.06 bits per heavy atom. The molecular weight excluding hydrogens is 464 g/mol. The van der Waals surface area contributed by atoms with E-state index in [1.54, 1.807) is 7.11 Å². The maximum Gasteiger partial charge on any atom is 0.330 e. The first-order valence-corrected chi connectivity index (χ1v) is 11.3. The van der Waals surface area contributed by atoms with E-state index >= 15 is 0 Å². The fourth-order valence-corrected chi connectivity index (χ4v) is 3.68. The monoisotopic (exact) mass is 494 g/mol. The van der Waals surface area contributed by atoms with Crippen LogP contribution >= 0.6 is 0 Å². The number of likely N-dealkylation sites (N-methyl/N-ethyl adjacent to an activating group) is 2. The predicted octanol–water partition coefficient (Wildman–Crippen LogP) is 1.02. The first-order chi connectivity index (χ1) is 17.2. The van der Waals surface area contributed by atoms with E-state index in [9.17, 15) is 19.2 Å². The molecule has 0 aliphatic rings. The zero-order valence-corrected chi connectivity index (χ0v) is 20.5. The van der Waals surface area contributed by atoms with Gasteiger partial charge in [-0.1, -0.05) is 48.5 Å². The number of amides is 3. The van der Waals surface area contributed by atoms with Gasteiger partial charge in [-0.3, -0.25) is 19.1 Å². The van der Waals surface area contributed by atoms with Gasteiger partial charge in [0.15, 0.2) is 5.69 Å². The third-order valence-electron chi connectivity index (χ3n) is 5.69. The van der Waals surface area contributed by atoms with Gasteiger partial charge in [-0.25, -0.2) is 9.59 Å². The number of rotatable bonds is 9. The lowest BCUT2D eigenvalue weighted by molar-refractivity contribution is -0.118. The molecule has 0 aliphatic heterocycles. The maximum atomic E-state index is 12.9. The largest absolute Gasteiger partial charge is 0.496 e. The topological polar surface area (TPSA) is 143 Å². The average molecular weight is 495 g/mol. The number of hydrogen-bond donors (Lipinski definition) is 3. The lowest BCUT2D eigenvalue weighted by atomic mass is 10.1. The Hall–Kier alpha value is -4.54. The summed E-state index contributed by atoms with van der Waals surface area (Å²) in [6.45, 7) is 0.143. The summed E-state index contributed by atoms with van der Waals surface area (Å²) in [5, 5.41) is 2.76. The molecule has 0 radical (unpaired) electrons. The molecule has 0 spiro atoms. The second-order valence-corrected chi connectivity index (χ2v) is 8.17. The van der Waals surface area contributed by atoms with Gasteiger partial charge in [-0.15, -0.1) is 0 Å². The van der Waals surface area contributed by atoms with Gasteiger partial charge in [-0.05, 0) is 23.6 Å². The standard InChI is InChI=1S/C25H30N6O5/c1-29(24(34)27-14-13-18-11-7-8-12-19(18)36-3)16-20(32)30(2)21-22(26)31(25(35)28-23(21)33)15-17-9-5-4-6-10-17/h4-12H,13-16,26H2,1-3H3,(H,27,34)(H,28,33,35). The highest BCUT2D eigenvalue weighted by atomic mass is 16.5. The molecule has 0 bridgehead atoms. The van der Waals surface area contributed by atoms with E-state index in [-0.39, 0.29) is 24.6 Å². The van der Waals surface area contributed by atoms with Crippen LogP contribution in [0.15, 0.2) is 64.2 Å². The number of aromatic nitrogens is 2. The van der Waals surface area contributed by atoms with Crippen molar-refractivity contribution in [2.24, 2.45) is 0 Å². The minimum atomic E-state index is -0.790. The zero-order chi connectivity index (χ0) is 26.2. The fourth-order valence-electron chi connectivity index (χ4n) is 3.68. The number of anilines is 2. The number of urea groups is 1. The second-order valence-electron chi connectivity index (χ2n) is 8.17. The van der Waals surface area contributed by atoms with Crippen molar-refractivity contribution in [3.05, 3.63) is 86.6 Å². The Bertz CT molecular complexity index is 1330. The predicted molar refractivity (Wildman–Crippen MR) is 137 cm³/mol. The van der Waals surface area contributed by atoms with Crippen LogP contribution in [-0.4, -0.2) is 60.7 Å². The Kier molecular flexibility index (Phi) is 8.50. The van der Waals surface area contributed by atoms with E-state index in [0.29, 0.717) is 13.0 Å². The Labute approximate surface area is 208 Å². The summed E-state index contributed by atoms with van der Waals surface area (Å²) in [5.41, 5.74) is 6.25. The average Bonchev–Trinajstić information content (AvgIpc) is 2.87. The lowest BCUT2D eigenvalue weighted by Gasteiger charge is -2.23. The number of carbonyl (C=O) groups is 2. The molecule has 0 aliphatic carbocycles. The van der Waals surface area contributed by atoms with Gasteiger partial charge < -0.3 is 25.6 Å². The van der Waals surface area contributed by atoms with Crippen LogP contribution in [0.25, 0.3) is 0 Å². The summed E-state index contributed by atoms with van der Waals surface area (Å²) in [6, 6.07) is 16.1. The van der Waals surface area contributed by atoms with Gasteiger partial charge in [0.05, 0.1) is 13.7 Å². The molecule has 2 aromatic carbocycles. The van der Waals surface area contributed by atoms with Crippen LogP contribution in [-0.2, 0) is 17.8 Å². The van der Waals surface area contributed by atoms with E-state index in [1.807, 2.05) is 54.6 Å². The van der Waals surface area contributed by atoms with Gasteiger partial charge in [-0.2, -0.15) is 0 Å². The third-order valence-corrected chi connectivity index (χ3v) is 5.69. The van der Waals surface area contributed by atoms with E-state index in [1.165, 1.54) is 23.6 Å². The summed E-state index contributed by atoms with van der Waals surface area (Å²) in [6.07, 6.45) is 0.548. The van der Waals surface area contributed by atoms with Crippen molar-refractivity contribution in [1.29, 1.82) is 0 Å². The van der Waals surface area contributed by atoms with Gasteiger partial charge in [0.2, 0.25) is 5.91 Å². The molecule has 11 nitrogen and oxygen atoms in total. The Morgan fingerprint density at radius 2 is 1.72 bits per heavy atom. The number of para-hydroxylation sites is 1. The number of carbonyl (C=O) groups excluding carboxylic acids is 2. The molecular formula is C25H30N6O5. The van der Waals surface area contributed by atoms with Crippen molar-refractivity contribution >= 4 is 23.4 Å². The highest BCUT2D eigenvalue weighted by Gasteiger charge is 2.23. The molecule has 0 atom stereocenters. The van der Waals surface area contributed by atoms with Crippen LogP contribution in [0.3, 0.4) is 0 Å². The van der Waals surface area contributed by atoms with Gasteiger partial charge in [0.1, 0.15) is 18.1 Å². The van der Waals surface area contributed by atoms with E-state index in [0.717, 1.165) is 21.8 Å². The summed E-state index contributed by atoms with van der Waals surface area (Å²) in [4.78, 5) is 54.7. The van der Waals surface area contributed by atoms with Gasteiger partial charge in [0.25, 0.3) is 5.56 Å².